The summed E-state index contributed by atoms with van der Waals surface area (Å²) in [5.74, 6) is -1.39. The first-order valence-electron chi connectivity index (χ1n) is 6.00. The molecule has 0 radical (unpaired) electrons. The molecule has 20 heavy (non-hydrogen) atoms. The number of carboxylic acids is 1. The molecular weight excluding hydrogens is 261 g/mol. The van der Waals surface area contributed by atoms with Crippen LogP contribution in [0.15, 0.2) is 30.3 Å². The maximum Gasteiger partial charge on any atom is 0.356 e. The number of aromatic nitrogens is 3. The van der Waals surface area contributed by atoms with Crippen molar-refractivity contribution in [2.24, 2.45) is 14.1 Å². The Hall–Kier alpha value is -2.63. The predicted octanol–water partition coefficient (Wildman–Crippen LogP) is 2.42. The molecule has 0 spiro atoms. The zero-order valence-corrected chi connectivity index (χ0v) is 11.0. The monoisotopic (exact) mass is 273 g/mol. The van der Waals surface area contributed by atoms with Gasteiger partial charge in [0.05, 0.1) is 16.9 Å². The lowest BCUT2D eigenvalue weighted by molar-refractivity contribution is 0.0689. The number of carbonyl (C=O) groups is 1. The van der Waals surface area contributed by atoms with E-state index in [-0.39, 0.29) is 11.5 Å². The molecule has 0 aliphatic carbocycles. The first-order chi connectivity index (χ1) is 9.49. The summed E-state index contributed by atoms with van der Waals surface area (Å²) < 4.78 is 17.1. The van der Waals surface area contributed by atoms with Gasteiger partial charge in [-0.15, -0.1) is 0 Å². The minimum atomic E-state index is -1.09. The van der Waals surface area contributed by atoms with Crippen LogP contribution in [0, 0.1) is 5.82 Å². The van der Waals surface area contributed by atoms with Crippen molar-refractivity contribution in [2.45, 2.75) is 0 Å². The van der Waals surface area contributed by atoms with Crippen LogP contribution in [-0.4, -0.2) is 25.4 Å². The quantitative estimate of drug-likeness (QED) is 0.780. The maximum absolute atomic E-state index is 13.8. The summed E-state index contributed by atoms with van der Waals surface area (Å²) in [6.07, 6.45) is 0. The first-order valence-corrected chi connectivity index (χ1v) is 6.00. The van der Waals surface area contributed by atoms with Crippen LogP contribution in [0.5, 0.6) is 0 Å². The third kappa shape index (κ3) is 1.69. The van der Waals surface area contributed by atoms with E-state index >= 15 is 0 Å². The normalized spacial score (nSPS) is 11.2. The lowest BCUT2D eigenvalue weighted by Crippen LogP contribution is -2.00. The molecule has 5 nitrogen and oxygen atoms in total. The highest BCUT2D eigenvalue weighted by Crippen LogP contribution is 2.28. The van der Waals surface area contributed by atoms with Crippen molar-refractivity contribution >= 4 is 16.9 Å². The molecule has 102 valence electrons. The van der Waals surface area contributed by atoms with E-state index in [4.69, 9.17) is 5.11 Å². The Bertz CT molecular complexity index is 832. The molecule has 2 aromatic heterocycles. The smallest absolute Gasteiger partial charge is 0.356 e. The zero-order chi connectivity index (χ0) is 14.4. The molecule has 0 bridgehead atoms. The van der Waals surface area contributed by atoms with E-state index in [0.29, 0.717) is 16.8 Å². The fourth-order valence-corrected chi connectivity index (χ4v) is 2.38. The summed E-state index contributed by atoms with van der Waals surface area (Å²) in [7, 11) is 3.47. The highest BCUT2D eigenvalue weighted by molar-refractivity contribution is 5.89. The van der Waals surface area contributed by atoms with E-state index in [1.807, 2.05) is 17.7 Å². The van der Waals surface area contributed by atoms with Gasteiger partial charge >= 0.3 is 5.97 Å². The Morgan fingerprint density at radius 1 is 1.25 bits per heavy atom. The van der Waals surface area contributed by atoms with Gasteiger partial charge in [0.25, 0.3) is 0 Å². The highest BCUT2D eigenvalue weighted by atomic mass is 19.1. The summed E-state index contributed by atoms with van der Waals surface area (Å²) in [5.41, 5.74) is 2.06. The molecule has 0 atom stereocenters. The molecule has 0 saturated heterocycles. The second-order valence-electron chi connectivity index (χ2n) is 4.60. The molecule has 6 heteroatoms. The zero-order valence-electron chi connectivity index (χ0n) is 11.0. The standard InChI is InChI=1S/C14H12FN3O2/c1-17-11-5-3-4-9(15)8(11)6-12(17)13-7-10(14(19)20)16-18(13)2/h3-7H,1-2H3,(H,19,20). The average Bonchev–Trinajstić information content (AvgIpc) is 2.93. The molecule has 3 rings (SSSR count). The number of fused-ring (bicyclic) bond motifs is 1. The van der Waals surface area contributed by atoms with Crippen LogP contribution in [-0.2, 0) is 14.1 Å². The van der Waals surface area contributed by atoms with E-state index < -0.39 is 5.97 Å². The first kappa shape index (κ1) is 12.4. The minimum Gasteiger partial charge on any atom is -0.476 e. The van der Waals surface area contributed by atoms with Gasteiger partial charge in [0, 0.05) is 25.5 Å². The third-order valence-electron chi connectivity index (χ3n) is 3.40. The van der Waals surface area contributed by atoms with Gasteiger partial charge in [-0.05, 0) is 18.2 Å². The van der Waals surface area contributed by atoms with Crippen LogP contribution in [0.2, 0.25) is 0 Å². The topological polar surface area (TPSA) is 60.1 Å². The fourth-order valence-electron chi connectivity index (χ4n) is 2.38. The van der Waals surface area contributed by atoms with Crippen molar-refractivity contribution in [1.29, 1.82) is 0 Å². The summed E-state index contributed by atoms with van der Waals surface area (Å²) in [4.78, 5) is 11.0. The van der Waals surface area contributed by atoms with E-state index in [1.54, 1.807) is 19.2 Å². The molecule has 1 N–H and O–H groups in total. The molecule has 0 fully saturated rings. The molecule has 3 aromatic rings. The van der Waals surface area contributed by atoms with Crippen molar-refractivity contribution in [3.8, 4) is 11.4 Å². The second-order valence-corrected chi connectivity index (χ2v) is 4.60. The third-order valence-corrected chi connectivity index (χ3v) is 3.40. The second kappa shape index (κ2) is 4.19. The van der Waals surface area contributed by atoms with Gasteiger partial charge in [-0.25, -0.2) is 9.18 Å². The molecule has 0 aliphatic heterocycles. The number of aromatic carboxylic acids is 1. The molecule has 1 aromatic carbocycles. The van der Waals surface area contributed by atoms with Gasteiger partial charge in [-0.2, -0.15) is 5.10 Å². The molecule has 0 unspecified atom stereocenters. The van der Waals surface area contributed by atoms with Crippen molar-refractivity contribution in [3.05, 3.63) is 41.8 Å². The predicted molar refractivity (Wildman–Crippen MR) is 72.0 cm³/mol. The van der Waals surface area contributed by atoms with Crippen molar-refractivity contribution < 1.29 is 14.3 Å². The van der Waals surface area contributed by atoms with Crippen LogP contribution in [0.4, 0.5) is 4.39 Å². The van der Waals surface area contributed by atoms with Gasteiger partial charge in [-0.1, -0.05) is 6.07 Å². The van der Waals surface area contributed by atoms with Crippen LogP contribution >= 0.6 is 0 Å². The molecule has 0 aliphatic rings. The number of hydrogen-bond acceptors (Lipinski definition) is 2. The number of nitrogens with zero attached hydrogens (tertiary/aromatic N) is 3. The molecule has 0 saturated carbocycles. The van der Waals surface area contributed by atoms with Crippen molar-refractivity contribution in [3.63, 3.8) is 0 Å². The van der Waals surface area contributed by atoms with Gasteiger partial charge in [-0.3, -0.25) is 4.68 Å². The Morgan fingerprint density at radius 2 is 2.00 bits per heavy atom. The van der Waals surface area contributed by atoms with Gasteiger partial charge < -0.3 is 9.67 Å². The Kier molecular flexibility index (Phi) is 2.60. The number of rotatable bonds is 2. The average molecular weight is 273 g/mol. The molecule has 2 heterocycles. The van der Waals surface area contributed by atoms with Gasteiger partial charge in [0.2, 0.25) is 0 Å². The molecule has 0 amide bonds. The lowest BCUT2D eigenvalue weighted by atomic mass is 10.2. The highest BCUT2D eigenvalue weighted by Gasteiger charge is 2.17. The van der Waals surface area contributed by atoms with Crippen LogP contribution in [0.1, 0.15) is 10.5 Å². The van der Waals surface area contributed by atoms with Crippen LogP contribution in [0.25, 0.3) is 22.3 Å². The summed E-state index contributed by atoms with van der Waals surface area (Å²) in [5, 5.41) is 13.4. The largest absolute Gasteiger partial charge is 0.476 e. The number of carboxylic acid groups (broad SMARTS) is 1. The molecular formula is C14H12FN3O2. The summed E-state index contributed by atoms with van der Waals surface area (Å²) >= 11 is 0. The number of aryl methyl sites for hydroxylation is 2. The Balaban J connectivity index is 2.27. The summed E-state index contributed by atoms with van der Waals surface area (Å²) in [6, 6.07) is 8.05. The lowest BCUT2D eigenvalue weighted by Gasteiger charge is -2.04. The van der Waals surface area contributed by atoms with Gasteiger partial charge in [0.1, 0.15) is 5.82 Å². The van der Waals surface area contributed by atoms with E-state index in [2.05, 4.69) is 5.10 Å². The number of benzene rings is 1. The van der Waals surface area contributed by atoms with E-state index in [0.717, 1.165) is 5.52 Å². The Morgan fingerprint density at radius 3 is 2.60 bits per heavy atom. The maximum atomic E-state index is 13.8. The number of halogens is 1. The Labute approximate surface area is 113 Å². The summed E-state index contributed by atoms with van der Waals surface area (Å²) in [6.45, 7) is 0. The van der Waals surface area contributed by atoms with E-state index in [1.165, 1.54) is 16.8 Å². The van der Waals surface area contributed by atoms with E-state index in [9.17, 15) is 9.18 Å². The number of hydrogen-bond donors (Lipinski definition) is 1. The van der Waals surface area contributed by atoms with Gasteiger partial charge in [0.15, 0.2) is 5.69 Å². The van der Waals surface area contributed by atoms with Crippen molar-refractivity contribution in [1.82, 2.24) is 14.3 Å². The SMILES string of the molecule is Cn1nc(C(=O)O)cc1-c1cc2c(F)cccc2n1C. The fraction of sp³-hybridized carbons (Fsp3) is 0.143. The van der Waals surface area contributed by atoms with Crippen molar-refractivity contribution in [2.75, 3.05) is 0 Å². The van der Waals surface area contributed by atoms with Crippen LogP contribution in [0.3, 0.4) is 0 Å². The van der Waals surface area contributed by atoms with Crippen LogP contribution < -0.4 is 0 Å². The minimum absolute atomic E-state index is 0.0340.